The van der Waals surface area contributed by atoms with Crippen LogP contribution in [-0.4, -0.2) is 47.8 Å². The number of rotatable bonds is 4. The molecule has 1 aliphatic heterocycles. The molecule has 0 saturated carbocycles. The quantitative estimate of drug-likeness (QED) is 0.834. The minimum Gasteiger partial charge on any atom is -0.349 e. The Morgan fingerprint density at radius 1 is 1.33 bits per heavy atom. The number of sulfone groups is 1. The second-order valence-electron chi connectivity index (χ2n) is 6.40. The Labute approximate surface area is 141 Å². The molecule has 8 heteroatoms. The zero-order valence-electron chi connectivity index (χ0n) is 13.9. The molecule has 2 aromatic heterocycles. The standard InChI is InChI=1S/C16H22N4O3S/c1-12-3-4-14-19-13(11-20(14)10-12)9-18-15(21)16(24(2,22)23)5-7-17-8-6-16/h3-4,10-11,17H,5-9H2,1-2H3,(H,18,21). The Morgan fingerprint density at radius 3 is 2.71 bits per heavy atom. The van der Waals surface area contributed by atoms with Crippen LogP contribution < -0.4 is 10.6 Å². The van der Waals surface area contributed by atoms with Crippen molar-refractivity contribution >= 4 is 21.4 Å². The van der Waals surface area contributed by atoms with Crippen LogP contribution in [0.2, 0.25) is 0 Å². The van der Waals surface area contributed by atoms with E-state index in [2.05, 4.69) is 15.6 Å². The van der Waals surface area contributed by atoms with Crippen LogP contribution in [-0.2, 0) is 21.2 Å². The highest BCUT2D eigenvalue weighted by Crippen LogP contribution is 2.28. The Balaban J connectivity index is 1.77. The van der Waals surface area contributed by atoms with Crippen LogP contribution in [0, 0.1) is 6.92 Å². The maximum atomic E-state index is 12.7. The number of nitrogens with zero attached hydrogens (tertiary/aromatic N) is 2. The molecular formula is C16H22N4O3S. The summed E-state index contributed by atoms with van der Waals surface area (Å²) in [6, 6.07) is 3.88. The van der Waals surface area contributed by atoms with Crippen LogP contribution in [0.15, 0.2) is 24.5 Å². The van der Waals surface area contributed by atoms with E-state index in [1.165, 1.54) is 0 Å². The number of carbonyl (C=O) groups is 1. The Kier molecular flexibility index (Phi) is 4.35. The first-order valence-electron chi connectivity index (χ1n) is 7.95. The average Bonchev–Trinajstić information content (AvgIpc) is 2.94. The molecular weight excluding hydrogens is 328 g/mol. The second kappa shape index (κ2) is 6.18. The Morgan fingerprint density at radius 2 is 2.04 bits per heavy atom. The number of piperidine rings is 1. The SMILES string of the molecule is Cc1ccc2nc(CNC(=O)C3(S(C)(=O)=O)CCNCC3)cn2c1. The largest absolute Gasteiger partial charge is 0.349 e. The minimum atomic E-state index is -3.50. The molecule has 0 atom stereocenters. The minimum absolute atomic E-state index is 0.213. The van der Waals surface area contributed by atoms with Crippen LogP contribution in [0.3, 0.4) is 0 Å². The molecule has 0 bridgehead atoms. The highest BCUT2D eigenvalue weighted by Gasteiger charge is 2.48. The monoisotopic (exact) mass is 350 g/mol. The summed E-state index contributed by atoms with van der Waals surface area (Å²) in [4.78, 5) is 17.1. The lowest BCUT2D eigenvalue weighted by molar-refractivity contribution is -0.124. The summed E-state index contributed by atoms with van der Waals surface area (Å²) in [6.45, 7) is 3.25. The maximum absolute atomic E-state index is 12.7. The molecule has 0 aromatic carbocycles. The van der Waals surface area contributed by atoms with E-state index in [1.807, 2.05) is 35.9 Å². The Bertz CT molecular complexity index is 867. The summed E-state index contributed by atoms with van der Waals surface area (Å²) in [5.74, 6) is -0.431. The van der Waals surface area contributed by atoms with Crippen LogP contribution in [0.25, 0.3) is 5.65 Å². The molecule has 1 saturated heterocycles. The summed E-state index contributed by atoms with van der Waals surface area (Å²) in [6.07, 6.45) is 5.53. The first-order valence-corrected chi connectivity index (χ1v) is 9.84. The number of nitrogens with one attached hydrogen (secondary N) is 2. The molecule has 1 fully saturated rings. The molecule has 3 heterocycles. The predicted octanol–water partition coefficient (Wildman–Crippen LogP) is 0.426. The molecule has 3 rings (SSSR count). The summed E-state index contributed by atoms with van der Waals surface area (Å²) in [7, 11) is -3.50. The van der Waals surface area contributed by atoms with E-state index < -0.39 is 20.5 Å². The van der Waals surface area contributed by atoms with Crippen LogP contribution in [0.5, 0.6) is 0 Å². The van der Waals surface area contributed by atoms with Crippen LogP contribution in [0.4, 0.5) is 0 Å². The van der Waals surface area contributed by atoms with Gasteiger partial charge in [-0.3, -0.25) is 4.79 Å². The lowest BCUT2D eigenvalue weighted by atomic mass is 9.96. The van der Waals surface area contributed by atoms with Crippen LogP contribution in [0.1, 0.15) is 24.1 Å². The van der Waals surface area contributed by atoms with Gasteiger partial charge in [0.25, 0.3) is 0 Å². The highest BCUT2D eigenvalue weighted by molar-refractivity contribution is 7.92. The van der Waals surface area contributed by atoms with Gasteiger partial charge in [0.1, 0.15) is 5.65 Å². The average molecular weight is 350 g/mol. The molecule has 0 unspecified atom stereocenters. The van der Waals surface area contributed by atoms with Crippen molar-refractivity contribution in [2.75, 3.05) is 19.3 Å². The van der Waals surface area contributed by atoms with Crippen molar-refractivity contribution in [3.8, 4) is 0 Å². The Hall–Kier alpha value is -1.93. The van der Waals surface area contributed by atoms with Gasteiger partial charge in [0.15, 0.2) is 14.6 Å². The van der Waals surface area contributed by atoms with Gasteiger partial charge in [0.2, 0.25) is 5.91 Å². The second-order valence-corrected chi connectivity index (χ2v) is 8.73. The molecule has 0 aliphatic carbocycles. The first-order chi connectivity index (χ1) is 11.3. The fourth-order valence-electron chi connectivity index (χ4n) is 3.17. The number of aromatic nitrogens is 2. The number of imidazole rings is 1. The third kappa shape index (κ3) is 3.03. The van der Waals surface area contributed by atoms with E-state index in [0.29, 0.717) is 31.6 Å². The predicted molar refractivity (Wildman–Crippen MR) is 91.5 cm³/mol. The molecule has 7 nitrogen and oxygen atoms in total. The van der Waals surface area contributed by atoms with Gasteiger partial charge < -0.3 is 15.0 Å². The summed E-state index contributed by atoms with van der Waals surface area (Å²) in [5, 5.41) is 5.87. The van der Waals surface area contributed by atoms with E-state index in [4.69, 9.17) is 0 Å². The maximum Gasteiger partial charge on any atom is 0.241 e. The molecule has 24 heavy (non-hydrogen) atoms. The molecule has 0 radical (unpaired) electrons. The molecule has 2 N–H and O–H groups in total. The highest BCUT2D eigenvalue weighted by atomic mass is 32.2. The lowest BCUT2D eigenvalue weighted by Crippen LogP contribution is -2.57. The van der Waals surface area contributed by atoms with Gasteiger partial charge >= 0.3 is 0 Å². The topological polar surface area (TPSA) is 92.6 Å². The van der Waals surface area contributed by atoms with Gasteiger partial charge in [-0.2, -0.15) is 0 Å². The van der Waals surface area contributed by atoms with E-state index in [0.717, 1.165) is 17.5 Å². The number of hydrogen-bond donors (Lipinski definition) is 2. The molecule has 130 valence electrons. The normalized spacial score (nSPS) is 17.8. The van der Waals surface area contributed by atoms with Crippen molar-refractivity contribution in [1.82, 2.24) is 20.0 Å². The number of carbonyl (C=O) groups excluding carboxylic acids is 1. The number of hydrogen-bond acceptors (Lipinski definition) is 5. The fourth-order valence-corrected chi connectivity index (χ4v) is 4.52. The van der Waals surface area contributed by atoms with Crippen molar-refractivity contribution in [3.05, 3.63) is 35.8 Å². The summed E-state index contributed by atoms with van der Waals surface area (Å²) >= 11 is 0. The number of pyridine rings is 1. The van der Waals surface area contributed by atoms with Gasteiger partial charge in [-0.15, -0.1) is 0 Å². The van der Waals surface area contributed by atoms with E-state index in [1.54, 1.807) is 0 Å². The van der Waals surface area contributed by atoms with E-state index in [-0.39, 0.29) is 6.54 Å². The zero-order valence-corrected chi connectivity index (χ0v) is 14.7. The molecule has 0 spiro atoms. The van der Waals surface area contributed by atoms with Crippen LogP contribution >= 0.6 is 0 Å². The van der Waals surface area contributed by atoms with Gasteiger partial charge in [0.05, 0.1) is 12.2 Å². The molecule has 1 aliphatic rings. The van der Waals surface area contributed by atoms with E-state index in [9.17, 15) is 13.2 Å². The van der Waals surface area contributed by atoms with Crippen molar-refractivity contribution in [3.63, 3.8) is 0 Å². The number of fused-ring (bicyclic) bond motifs is 1. The van der Waals surface area contributed by atoms with Crippen molar-refractivity contribution in [2.24, 2.45) is 0 Å². The lowest BCUT2D eigenvalue weighted by Gasteiger charge is -2.34. The van der Waals surface area contributed by atoms with Gasteiger partial charge in [-0.1, -0.05) is 6.07 Å². The number of aryl methyl sites for hydroxylation is 1. The third-order valence-corrected chi connectivity index (χ3v) is 6.63. The molecule has 2 aromatic rings. The summed E-state index contributed by atoms with van der Waals surface area (Å²) in [5.41, 5.74) is 2.61. The van der Waals surface area contributed by atoms with E-state index >= 15 is 0 Å². The van der Waals surface area contributed by atoms with Crippen molar-refractivity contribution < 1.29 is 13.2 Å². The van der Waals surface area contributed by atoms with Crippen molar-refractivity contribution in [1.29, 1.82) is 0 Å². The van der Waals surface area contributed by atoms with Gasteiger partial charge in [0, 0.05) is 18.6 Å². The first kappa shape index (κ1) is 16.9. The zero-order chi connectivity index (χ0) is 17.4. The summed E-state index contributed by atoms with van der Waals surface area (Å²) < 4.78 is 25.0. The fraction of sp³-hybridized carbons (Fsp3) is 0.500. The van der Waals surface area contributed by atoms with Gasteiger partial charge in [-0.25, -0.2) is 13.4 Å². The number of amides is 1. The molecule has 1 amide bonds. The van der Waals surface area contributed by atoms with Gasteiger partial charge in [-0.05, 0) is 44.5 Å². The van der Waals surface area contributed by atoms with Crippen molar-refractivity contribution in [2.45, 2.75) is 31.1 Å². The third-order valence-electron chi connectivity index (χ3n) is 4.61. The smallest absolute Gasteiger partial charge is 0.241 e.